The predicted molar refractivity (Wildman–Crippen MR) is 72.2 cm³/mol. The second-order valence-corrected chi connectivity index (χ2v) is 5.08. The fourth-order valence-corrected chi connectivity index (χ4v) is 2.63. The Hall–Kier alpha value is -1.90. The van der Waals surface area contributed by atoms with Crippen LogP contribution in [0.25, 0.3) is 0 Å². The Balaban J connectivity index is 1.72. The zero-order valence-corrected chi connectivity index (χ0v) is 10.5. The lowest BCUT2D eigenvalue weighted by molar-refractivity contribution is 0.532. The largest absolute Gasteiger partial charge is 0.384 e. The van der Waals surface area contributed by atoms with Gasteiger partial charge in [0, 0.05) is 12.2 Å². The Labute approximate surface area is 111 Å². The Morgan fingerprint density at radius 1 is 1.00 bits per heavy atom. The van der Waals surface area contributed by atoms with Crippen LogP contribution in [0.1, 0.15) is 11.1 Å². The average Bonchev–Trinajstić information content (AvgIpc) is 2.42. The van der Waals surface area contributed by atoms with Crippen molar-refractivity contribution in [2.24, 2.45) is 5.92 Å². The predicted octanol–water partition coefficient (Wildman–Crippen LogP) is 3.79. The van der Waals surface area contributed by atoms with Gasteiger partial charge in [-0.25, -0.2) is 8.78 Å². The van der Waals surface area contributed by atoms with E-state index in [9.17, 15) is 8.78 Å². The summed E-state index contributed by atoms with van der Waals surface area (Å²) in [6.45, 7) is 0.827. The molecule has 1 aliphatic rings. The van der Waals surface area contributed by atoms with Gasteiger partial charge < -0.3 is 5.32 Å². The molecular formula is C16H15F2N. The molecule has 0 spiro atoms. The molecule has 19 heavy (non-hydrogen) atoms. The van der Waals surface area contributed by atoms with Crippen LogP contribution in [-0.2, 0) is 12.8 Å². The van der Waals surface area contributed by atoms with Gasteiger partial charge in [0.25, 0.3) is 0 Å². The van der Waals surface area contributed by atoms with Crippen molar-refractivity contribution in [3.05, 3.63) is 65.2 Å². The van der Waals surface area contributed by atoms with E-state index >= 15 is 0 Å². The standard InChI is InChI=1S/C16H15F2N/c17-14-4-1-11(2-5-14)7-12-8-13-3-6-15(18)9-16(13)19-10-12/h1-6,9,12,19H,7-8,10H2. The number of anilines is 1. The summed E-state index contributed by atoms with van der Waals surface area (Å²) in [5.41, 5.74) is 3.19. The molecule has 0 bridgehead atoms. The molecule has 3 rings (SSSR count). The van der Waals surface area contributed by atoms with E-state index in [0.29, 0.717) is 5.92 Å². The maximum Gasteiger partial charge on any atom is 0.125 e. The summed E-state index contributed by atoms with van der Waals surface area (Å²) in [7, 11) is 0. The van der Waals surface area contributed by atoms with Gasteiger partial charge in [0.05, 0.1) is 0 Å². The number of rotatable bonds is 2. The topological polar surface area (TPSA) is 12.0 Å². The quantitative estimate of drug-likeness (QED) is 0.865. The summed E-state index contributed by atoms with van der Waals surface area (Å²) in [5, 5.41) is 3.27. The van der Waals surface area contributed by atoms with Crippen molar-refractivity contribution >= 4 is 5.69 Å². The first-order chi connectivity index (χ1) is 9.20. The van der Waals surface area contributed by atoms with Crippen LogP contribution in [0.15, 0.2) is 42.5 Å². The van der Waals surface area contributed by atoms with Gasteiger partial charge in [-0.15, -0.1) is 0 Å². The monoisotopic (exact) mass is 259 g/mol. The number of nitrogens with one attached hydrogen (secondary N) is 1. The highest BCUT2D eigenvalue weighted by atomic mass is 19.1. The Bertz CT molecular complexity index is 578. The van der Waals surface area contributed by atoms with Gasteiger partial charge in [0.15, 0.2) is 0 Å². The smallest absolute Gasteiger partial charge is 0.125 e. The van der Waals surface area contributed by atoms with E-state index in [-0.39, 0.29) is 11.6 Å². The van der Waals surface area contributed by atoms with Crippen molar-refractivity contribution in [1.29, 1.82) is 0 Å². The summed E-state index contributed by atoms with van der Waals surface area (Å²) in [5.74, 6) is 0.0537. The molecule has 0 radical (unpaired) electrons. The lowest BCUT2D eigenvalue weighted by atomic mass is 9.89. The second kappa shape index (κ2) is 5.00. The fraction of sp³-hybridized carbons (Fsp3) is 0.250. The molecule has 1 atom stereocenters. The molecule has 98 valence electrons. The molecular weight excluding hydrogens is 244 g/mol. The summed E-state index contributed by atoms with van der Waals surface area (Å²) in [6, 6.07) is 11.5. The van der Waals surface area contributed by atoms with Crippen molar-refractivity contribution in [3.63, 3.8) is 0 Å². The summed E-state index contributed by atoms with van der Waals surface area (Å²) >= 11 is 0. The van der Waals surface area contributed by atoms with Crippen LogP contribution in [0.2, 0.25) is 0 Å². The Morgan fingerprint density at radius 3 is 2.53 bits per heavy atom. The van der Waals surface area contributed by atoms with Gasteiger partial charge in [-0.1, -0.05) is 18.2 Å². The lowest BCUT2D eigenvalue weighted by Gasteiger charge is -2.26. The second-order valence-electron chi connectivity index (χ2n) is 5.08. The molecule has 0 aromatic heterocycles. The van der Waals surface area contributed by atoms with Gasteiger partial charge in [-0.05, 0) is 54.2 Å². The van der Waals surface area contributed by atoms with Crippen molar-refractivity contribution < 1.29 is 8.78 Å². The molecule has 1 heterocycles. The first-order valence-electron chi connectivity index (χ1n) is 6.47. The van der Waals surface area contributed by atoms with E-state index in [1.807, 2.05) is 18.2 Å². The number of fused-ring (bicyclic) bond motifs is 1. The van der Waals surface area contributed by atoms with Crippen LogP contribution in [-0.4, -0.2) is 6.54 Å². The van der Waals surface area contributed by atoms with Crippen LogP contribution < -0.4 is 5.32 Å². The Kier molecular flexibility index (Phi) is 3.20. The van der Waals surface area contributed by atoms with Gasteiger partial charge in [0.2, 0.25) is 0 Å². The molecule has 0 aliphatic carbocycles. The third kappa shape index (κ3) is 2.75. The van der Waals surface area contributed by atoms with Crippen LogP contribution in [0.5, 0.6) is 0 Å². The first-order valence-corrected chi connectivity index (χ1v) is 6.47. The molecule has 0 fully saturated rings. The third-order valence-corrected chi connectivity index (χ3v) is 3.60. The van der Waals surface area contributed by atoms with E-state index in [0.717, 1.165) is 36.2 Å². The van der Waals surface area contributed by atoms with Gasteiger partial charge in [0.1, 0.15) is 11.6 Å². The van der Waals surface area contributed by atoms with E-state index < -0.39 is 0 Å². The number of halogens is 2. The molecule has 0 amide bonds. The average molecular weight is 259 g/mol. The van der Waals surface area contributed by atoms with E-state index in [2.05, 4.69) is 5.32 Å². The number of benzene rings is 2. The molecule has 2 aromatic carbocycles. The fourth-order valence-electron chi connectivity index (χ4n) is 2.63. The van der Waals surface area contributed by atoms with Crippen LogP contribution in [0.4, 0.5) is 14.5 Å². The van der Waals surface area contributed by atoms with E-state index in [1.165, 1.54) is 18.2 Å². The van der Waals surface area contributed by atoms with Gasteiger partial charge >= 0.3 is 0 Å². The van der Waals surface area contributed by atoms with Gasteiger partial charge in [-0.3, -0.25) is 0 Å². The molecule has 3 heteroatoms. The maximum absolute atomic E-state index is 13.1. The molecule has 1 aliphatic heterocycles. The normalized spacial score (nSPS) is 17.7. The SMILES string of the molecule is Fc1ccc(CC2CNc3cc(F)ccc3C2)cc1. The van der Waals surface area contributed by atoms with Crippen LogP contribution in [0, 0.1) is 17.6 Å². The first kappa shape index (κ1) is 12.2. The van der Waals surface area contributed by atoms with Gasteiger partial charge in [-0.2, -0.15) is 0 Å². The summed E-state index contributed by atoms with van der Waals surface area (Å²) in [6.07, 6.45) is 1.84. The van der Waals surface area contributed by atoms with Crippen molar-refractivity contribution in [2.45, 2.75) is 12.8 Å². The van der Waals surface area contributed by atoms with Crippen molar-refractivity contribution in [2.75, 3.05) is 11.9 Å². The summed E-state index contributed by atoms with van der Waals surface area (Å²) in [4.78, 5) is 0. The Morgan fingerprint density at radius 2 is 1.74 bits per heavy atom. The van der Waals surface area contributed by atoms with E-state index in [4.69, 9.17) is 0 Å². The van der Waals surface area contributed by atoms with Crippen molar-refractivity contribution in [3.8, 4) is 0 Å². The number of hydrogen-bond acceptors (Lipinski definition) is 1. The minimum absolute atomic E-state index is 0.202. The third-order valence-electron chi connectivity index (χ3n) is 3.60. The molecule has 0 saturated carbocycles. The molecule has 2 aromatic rings. The van der Waals surface area contributed by atoms with Crippen LogP contribution in [0.3, 0.4) is 0 Å². The van der Waals surface area contributed by atoms with E-state index in [1.54, 1.807) is 6.07 Å². The molecule has 1 unspecified atom stereocenters. The zero-order valence-electron chi connectivity index (χ0n) is 10.5. The summed E-state index contributed by atoms with van der Waals surface area (Å²) < 4.78 is 26.0. The highest BCUT2D eigenvalue weighted by Gasteiger charge is 2.18. The number of hydrogen-bond donors (Lipinski definition) is 1. The maximum atomic E-state index is 13.1. The van der Waals surface area contributed by atoms with Crippen LogP contribution >= 0.6 is 0 Å². The molecule has 1 N–H and O–H groups in total. The zero-order chi connectivity index (χ0) is 13.2. The lowest BCUT2D eigenvalue weighted by Crippen LogP contribution is -2.24. The highest BCUT2D eigenvalue weighted by molar-refractivity contribution is 5.53. The van der Waals surface area contributed by atoms with Crippen molar-refractivity contribution in [1.82, 2.24) is 0 Å². The molecule has 0 saturated heterocycles. The minimum atomic E-state index is -0.205. The highest BCUT2D eigenvalue weighted by Crippen LogP contribution is 2.27. The minimum Gasteiger partial charge on any atom is -0.384 e. The molecule has 1 nitrogen and oxygen atoms in total.